The van der Waals surface area contributed by atoms with Crippen molar-refractivity contribution in [3.05, 3.63) is 58.7 Å². The number of morpholine rings is 1. The van der Waals surface area contributed by atoms with E-state index in [1.807, 2.05) is 18.2 Å². The second kappa shape index (κ2) is 7.41. The van der Waals surface area contributed by atoms with Crippen LogP contribution in [0.2, 0.25) is 10.0 Å². The maximum absolute atomic E-state index is 6.23. The predicted octanol–water partition coefficient (Wildman–Crippen LogP) is 2.60. The van der Waals surface area contributed by atoms with Crippen molar-refractivity contribution < 1.29 is 14.2 Å². The van der Waals surface area contributed by atoms with Gasteiger partial charge in [-0.25, -0.2) is 9.55 Å². The minimum atomic E-state index is 0.562. The molecule has 0 amide bonds. The number of hydrogen-bond acceptors (Lipinski definition) is 1. The van der Waals surface area contributed by atoms with E-state index in [0.29, 0.717) is 10.0 Å². The Labute approximate surface area is 173 Å². The van der Waals surface area contributed by atoms with Crippen molar-refractivity contribution in [2.24, 2.45) is 0 Å². The molecule has 5 nitrogen and oxygen atoms in total. The van der Waals surface area contributed by atoms with Crippen LogP contribution in [0.4, 0.5) is 0 Å². The summed E-state index contributed by atoms with van der Waals surface area (Å²) in [5.74, 6) is 1.08. The van der Waals surface area contributed by atoms with Crippen LogP contribution in [0, 0.1) is 0 Å². The summed E-state index contributed by atoms with van der Waals surface area (Å²) in [7, 11) is 0. The summed E-state index contributed by atoms with van der Waals surface area (Å²) in [6, 6.07) is 14.3. The summed E-state index contributed by atoms with van der Waals surface area (Å²) in [6.45, 7) is 5.90. The SMILES string of the molecule is Clc1ccc(-c2cn3c4ccccc4[n+](CC[NH+]4CCOCC4)c3[nH]2)cc1Cl. The van der Waals surface area contributed by atoms with E-state index < -0.39 is 0 Å². The molecule has 0 aliphatic carbocycles. The summed E-state index contributed by atoms with van der Waals surface area (Å²) in [5, 5.41) is 1.13. The highest BCUT2D eigenvalue weighted by molar-refractivity contribution is 6.42. The van der Waals surface area contributed by atoms with E-state index in [9.17, 15) is 0 Å². The number of aromatic nitrogens is 3. The van der Waals surface area contributed by atoms with Crippen molar-refractivity contribution >= 4 is 40.0 Å². The Bertz CT molecular complexity index is 1140. The van der Waals surface area contributed by atoms with E-state index in [-0.39, 0.29) is 0 Å². The first-order chi connectivity index (χ1) is 13.7. The third-order valence-electron chi connectivity index (χ3n) is 5.54. The van der Waals surface area contributed by atoms with Crippen molar-refractivity contribution in [2.45, 2.75) is 6.54 Å². The quantitative estimate of drug-likeness (QED) is 0.493. The van der Waals surface area contributed by atoms with Gasteiger partial charge in [-0.1, -0.05) is 35.3 Å². The molecule has 144 valence electrons. The zero-order valence-corrected chi connectivity index (χ0v) is 16.9. The standard InChI is InChI=1S/C21H20Cl2N4O/c22-16-6-5-15(13-17(16)23)18-14-27-20-4-2-1-3-19(20)26(21(27)24-18)8-7-25-9-11-28-12-10-25/h1-6,13-14H,7-12H2/p+2. The number of benzene rings is 2. The fraction of sp³-hybridized carbons (Fsp3) is 0.286. The number of hydrogen-bond donors (Lipinski definition) is 2. The number of para-hydroxylation sites is 2. The van der Waals surface area contributed by atoms with Gasteiger partial charge in [-0.3, -0.25) is 0 Å². The molecule has 0 unspecified atom stereocenters. The van der Waals surface area contributed by atoms with Crippen molar-refractivity contribution in [3.8, 4) is 11.3 Å². The fourth-order valence-electron chi connectivity index (χ4n) is 4.01. The number of fused-ring (bicyclic) bond motifs is 3. The first kappa shape index (κ1) is 18.0. The first-order valence-electron chi connectivity index (χ1n) is 9.59. The van der Waals surface area contributed by atoms with Gasteiger partial charge in [0.25, 0.3) is 0 Å². The Hall–Kier alpha value is -2.05. The van der Waals surface area contributed by atoms with Crippen molar-refractivity contribution in [1.29, 1.82) is 0 Å². The third-order valence-corrected chi connectivity index (χ3v) is 6.28. The summed E-state index contributed by atoms with van der Waals surface area (Å²) in [5.41, 5.74) is 4.47. The molecule has 7 heteroatoms. The highest BCUT2D eigenvalue weighted by Gasteiger charge is 2.23. The van der Waals surface area contributed by atoms with Gasteiger partial charge in [-0.2, -0.15) is 4.40 Å². The lowest BCUT2D eigenvalue weighted by atomic mass is 10.2. The maximum Gasteiger partial charge on any atom is 0.368 e. The van der Waals surface area contributed by atoms with Crippen LogP contribution in [0.3, 0.4) is 0 Å². The molecule has 28 heavy (non-hydrogen) atoms. The summed E-state index contributed by atoms with van der Waals surface area (Å²) in [4.78, 5) is 5.19. The molecular weight excluding hydrogens is 395 g/mol. The van der Waals surface area contributed by atoms with E-state index in [1.54, 1.807) is 4.90 Å². The van der Waals surface area contributed by atoms with Crippen LogP contribution in [-0.4, -0.2) is 42.2 Å². The first-order valence-corrected chi connectivity index (χ1v) is 10.3. The largest absolute Gasteiger partial charge is 0.370 e. The molecule has 0 saturated carbocycles. The monoisotopic (exact) mass is 416 g/mol. The average Bonchev–Trinajstić information content (AvgIpc) is 3.27. The molecule has 2 aromatic carbocycles. The molecule has 4 aromatic rings. The molecule has 0 spiro atoms. The summed E-state index contributed by atoms with van der Waals surface area (Å²) >= 11 is 12.3. The van der Waals surface area contributed by atoms with E-state index in [1.165, 1.54) is 11.0 Å². The van der Waals surface area contributed by atoms with Crippen LogP contribution in [0.15, 0.2) is 48.7 Å². The minimum absolute atomic E-state index is 0.562. The molecule has 2 N–H and O–H groups in total. The number of halogens is 2. The number of H-pyrrole nitrogens is 1. The van der Waals surface area contributed by atoms with Crippen LogP contribution >= 0.6 is 23.2 Å². The van der Waals surface area contributed by atoms with E-state index in [2.05, 4.69) is 44.4 Å². The highest BCUT2D eigenvalue weighted by atomic mass is 35.5. The van der Waals surface area contributed by atoms with Crippen LogP contribution in [-0.2, 0) is 11.3 Å². The van der Waals surface area contributed by atoms with Crippen molar-refractivity contribution in [3.63, 3.8) is 0 Å². The lowest BCUT2D eigenvalue weighted by molar-refractivity contribution is -0.923. The topological polar surface area (TPSA) is 37.8 Å². The summed E-state index contributed by atoms with van der Waals surface area (Å²) in [6.07, 6.45) is 2.13. The Kier molecular flexibility index (Phi) is 4.77. The van der Waals surface area contributed by atoms with Gasteiger partial charge >= 0.3 is 5.78 Å². The number of quaternary nitrogens is 1. The van der Waals surface area contributed by atoms with Crippen LogP contribution in [0.5, 0.6) is 0 Å². The van der Waals surface area contributed by atoms with E-state index in [4.69, 9.17) is 27.9 Å². The Morgan fingerprint density at radius 3 is 2.71 bits per heavy atom. The van der Waals surface area contributed by atoms with E-state index >= 15 is 0 Å². The number of rotatable bonds is 4. The third kappa shape index (κ3) is 3.18. The minimum Gasteiger partial charge on any atom is -0.370 e. The molecule has 1 aliphatic heterocycles. The molecule has 1 saturated heterocycles. The zero-order chi connectivity index (χ0) is 19.1. The van der Waals surface area contributed by atoms with Gasteiger partial charge < -0.3 is 9.64 Å². The van der Waals surface area contributed by atoms with E-state index in [0.717, 1.165) is 56.4 Å². The van der Waals surface area contributed by atoms with Gasteiger partial charge in [0, 0.05) is 5.56 Å². The number of nitrogens with zero attached hydrogens (tertiary/aromatic N) is 2. The van der Waals surface area contributed by atoms with Gasteiger partial charge in [0.05, 0.1) is 23.3 Å². The van der Waals surface area contributed by atoms with Gasteiger partial charge in [0.2, 0.25) is 0 Å². The maximum atomic E-state index is 6.23. The molecule has 0 atom stereocenters. The summed E-state index contributed by atoms with van der Waals surface area (Å²) < 4.78 is 10.1. The Morgan fingerprint density at radius 2 is 1.89 bits per heavy atom. The molecule has 0 radical (unpaired) electrons. The van der Waals surface area contributed by atoms with Gasteiger partial charge in [0.15, 0.2) is 0 Å². The van der Waals surface area contributed by atoms with Gasteiger partial charge in [-0.05, 0) is 30.3 Å². The second-order valence-electron chi connectivity index (χ2n) is 7.24. The van der Waals surface area contributed by atoms with Gasteiger partial charge in [0.1, 0.15) is 49.1 Å². The van der Waals surface area contributed by atoms with Crippen molar-refractivity contribution in [1.82, 2.24) is 9.38 Å². The predicted molar refractivity (Wildman–Crippen MR) is 111 cm³/mol. The molecule has 0 bridgehead atoms. The fourth-order valence-corrected chi connectivity index (χ4v) is 4.31. The number of aromatic amines is 1. The number of nitrogens with one attached hydrogen (secondary N) is 2. The molecule has 1 aliphatic rings. The van der Waals surface area contributed by atoms with Crippen LogP contribution in [0.1, 0.15) is 0 Å². The normalized spacial score (nSPS) is 15.6. The number of ether oxygens (including phenoxy) is 1. The van der Waals surface area contributed by atoms with Crippen molar-refractivity contribution in [2.75, 3.05) is 32.8 Å². The second-order valence-corrected chi connectivity index (χ2v) is 8.06. The van der Waals surface area contributed by atoms with Gasteiger partial charge in [-0.15, -0.1) is 0 Å². The molecular formula is C21H22Cl2N4O+2. The molecule has 5 rings (SSSR count). The van der Waals surface area contributed by atoms with Crippen LogP contribution in [0.25, 0.3) is 28.1 Å². The molecule has 1 fully saturated rings. The smallest absolute Gasteiger partial charge is 0.368 e. The molecule has 2 aromatic heterocycles. The Morgan fingerprint density at radius 1 is 1.07 bits per heavy atom. The molecule has 3 heterocycles. The average molecular weight is 417 g/mol. The Balaban J connectivity index is 1.56. The lowest BCUT2D eigenvalue weighted by Gasteiger charge is -2.23. The number of imidazole rings is 2. The zero-order valence-electron chi connectivity index (χ0n) is 15.4. The lowest BCUT2D eigenvalue weighted by Crippen LogP contribution is -3.14. The van der Waals surface area contributed by atoms with Crippen LogP contribution < -0.4 is 9.47 Å². The highest BCUT2D eigenvalue weighted by Crippen LogP contribution is 2.28.